The van der Waals surface area contributed by atoms with Crippen LogP contribution in [0.4, 0.5) is 0 Å². The summed E-state index contributed by atoms with van der Waals surface area (Å²) in [6.07, 6.45) is 2.46. The SMILES string of the molecule is CC1=NN([C@H](C#N)c2ccco2)C(C)(C)C1. The second-order valence-electron chi connectivity index (χ2n) is 4.72. The lowest BCUT2D eigenvalue weighted by molar-refractivity contribution is 0.111. The van der Waals surface area contributed by atoms with E-state index in [1.165, 1.54) is 0 Å². The highest BCUT2D eigenvalue weighted by Gasteiger charge is 2.38. The predicted octanol–water partition coefficient (Wildman–Crippen LogP) is 2.70. The molecule has 1 aromatic heterocycles. The molecule has 4 nitrogen and oxygen atoms in total. The highest BCUT2D eigenvalue weighted by atomic mass is 16.3. The molecule has 0 unspecified atom stereocenters. The number of furan rings is 1. The van der Waals surface area contributed by atoms with E-state index in [0.717, 1.165) is 12.1 Å². The third-order valence-corrected chi connectivity index (χ3v) is 2.77. The quantitative estimate of drug-likeness (QED) is 0.765. The molecule has 4 heteroatoms. The normalized spacial score (nSPS) is 20.4. The summed E-state index contributed by atoms with van der Waals surface area (Å²) in [6.45, 7) is 6.15. The molecular weight excluding hydrogens is 202 g/mol. The molecule has 1 aliphatic rings. The van der Waals surface area contributed by atoms with Crippen molar-refractivity contribution in [3.8, 4) is 6.07 Å². The van der Waals surface area contributed by atoms with Crippen molar-refractivity contribution in [3.05, 3.63) is 24.2 Å². The summed E-state index contributed by atoms with van der Waals surface area (Å²) in [4.78, 5) is 0. The Labute approximate surface area is 95.2 Å². The first-order valence-electron chi connectivity index (χ1n) is 5.31. The molecule has 0 saturated carbocycles. The van der Waals surface area contributed by atoms with Gasteiger partial charge < -0.3 is 4.42 Å². The standard InChI is InChI=1S/C12H15N3O/c1-9-7-12(2,3)15(14-9)10(8-13)11-5-4-6-16-11/h4-6,10H,7H2,1-3H3/t10-/m1/s1. The van der Waals surface area contributed by atoms with Crippen LogP contribution in [0.25, 0.3) is 0 Å². The maximum absolute atomic E-state index is 9.26. The average molecular weight is 217 g/mol. The lowest BCUT2D eigenvalue weighted by Gasteiger charge is -2.32. The van der Waals surface area contributed by atoms with Crippen molar-refractivity contribution in [1.82, 2.24) is 5.01 Å². The van der Waals surface area contributed by atoms with Crippen LogP contribution in [0.1, 0.15) is 39.0 Å². The second kappa shape index (κ2) is 3.67. The first-order valence-corrected chi connectivity index (χ1v) is 5.31. The highest BCUT2D eigenvalue weighted by Crippen LogP contribution is 2.35. The van der Waals surface area contributed by atoms with Gasteiger partial charge in [-0.1, -0.05) is 0 Å². The molecule has 0 amide bonds. The fraction of sp³-hybridized carbons (Fsp3) is 0.500. The molecule has 0 aliphatic carbocycles. The van der Waals surface area contributed by atoms with Gasteiger partial charge in [-0.05, 0) is 32.9 Å². The molecule has 2 heterocycles. The van der Waals surface area contributed by atoms with E-state index in [-0.39, 0.29) is 5.54 Å². The smallest absolute Gasteiger partial charge is 0.191 e. The highest BCUT2D eigenvalue weighted by molar-refractivity contribution is 5.84. The van der Waals surface area contributed by atoms with Crippen molar-refractivity contribution in [2.24, 2.45) is 5.10 Å². The molecule has 0 fully saturated rings. The topological polar surface area (TPSA) is 52.5 Å². The summed E-state index contributed by atoms with van der Waals surface area (Å²) < 4.78 is 5.29. The Balaban J connectivity index is 2.33. The van der Waals surface area contributed by atoms with Gasteiger partial charge in [0.25, 0.3) is 0 Å². The fourth-order valence-electron chi connectivity index (χ4n) is 2.15. The molecule has 0 aromatic carbocycles. The van der Waals surface area contributed by atoms with Crippen molar-refractivity contribution < 1.29 is 4.42 Å². The Morgan fingerprint density at radius 3 is 2.81 bits per heavy atom. The van der Waals surface area contributed by atoms with Crippen LogP contribution >= 0.6 is 0 Å². The Bertz CT molecular complexity index is 439. The lowest BCUT2D eigenvalue weighted by Crippen LogP contribution is -2.38. The number of nitrogens with zero attached hydrogens (tertiary/aromatic N) is 3. The van der Waals surface area contributed by atoms with Gasteiger partial charge in [0, 0.05) is 12.1 Å². The third-order valence-electron chi connectivity index (χ3n) is 2.77. The summed E-state index contributed by atoms with van der Waals surface area (Å²) in [5, 5.41) is 15.5. The second-order valence-corrected chi connectivity index (χ2v) is 4.72. The van der Waals surface area contributed by atoms with Crippen molar-refractivity contribution in [2.75, 3.05) is 0 Å². The van der Waals surface area contributed by atoms with Crippen molar-refractivity contribution in [1.29, 1.82) is 5.26 Å². The van der Waals surface area contributed by atoms with E-state index < -0.39 is 6.04 Å². The molecule has 0 spiro atoms. The van der Waals surface area contributed by atoms with E-state index in [2.05, 4.69) is 25.0 Å². The molecule has 0 N–H and O–H groups in total. The zero-order chi connectivity index (χ0) is 11.8. The molecule has 1 aromatic rings. The van der Waals surface area contributed by atoms with E-state index in [1.807, 2.05) is 18.0 Å². The van der Waals surface area contributed by atoms with Gasteiger partial charge >= 0.3 is 0 Å². The molecule has 16 heavy (non-hydrogen) atoms. The minimum atomic E-state index is -0.442. The van der Waals surface area contributed by atoms with Gasteiger partial charge in [0.15, 0.2) is 6.04 Å². The van der Waals surface area contributed by atoms with Gasteiger partial charge in [0.05, 0.1) is 17.9 Å². The van der Waals surface area contributed by atoms with E-state index in [1.54, 1.807) is 12.3 Å². The van der Waals surface area contributed by atoms with Crippen LogP contribution in [-0.2, 0) is 0 Å². The molecule has 1 aliphatic heterocycles. The van der Waals surface area contributed by atoms with Gasteiger partial charge in [-0.25, -0.2) is 0 Å². The van der Waals surface area contributed by atoms with Crippen LogP contribution in [0.15, 0.2) is 27.9 Å². The third kappa shape index (κ3) is 1.69. The average Bonchev–Trinajstić information content (AvgIpc) is 2.77. The fourth-order valence-corrected chi connectivity index (χ4v) is 2.15. The minimum Gasteiger partial charge on any atom is -0.466 e. The molecule has 0 radical (unpaired) electrons. The number of nitriles is 1. The zero-order valence-electron chi connectivity index (χ0n) is 9.77. The summed E-state index contributed by atoms with van der Waals surface area (Å²) >= 11 is 0. The summed E-state index contributed by atoms with van der Waals surface area (Å²) in [5.74, 6) is 0.647. The van der Waals surface area contributed by atoms with Gasteiger partial charge in [-0.3, -0.25) is 5.01 Å². The van der Waals surface area contributed by atoms with Crippen LogP contribution in [0, 0.1) is 11.3 Å². The van der Waals surface area contributed by atoms with E-state index >= 15 is 0 Å². The Morgan fingerprint density at radius 1 is 1.62 bits per heavy atom. The minimum absolute atomic E-state index is 0.128. The predicted molar refractivity (Wildman–Crippen MR) is 60.7 cm³/mol. The Kier molecular flexibility index (Phi) is 2.47. The first kappa shape index (κ1) is 10.7. The van der Waals surface area contributed by atoms with Crippen LogP contribution in [0.3, 0.4) is 0 Å². The Hall–Kier alpha value is -1.76. The number of hydrazone groups is 1. The van der Waals surface area contributed by atoms with Crippen LogP contribution < -0.4 is 0 Å². The van der Waals surface area contributed by atoms with E-state index in [4.69, 9.17) is 4.42 Å². The largest absolute Gasteiger partial charge is 0.466 e. The Morgan fingerprint density at radius 2 is 2.38 bits per heavy atom. The van der Waals surface area contributed by atoms with Gasteiger partial charge in [0.2, 0.25) is 0 Å². The molecule has 84 valence electrons. The molecule has 0 bridgehead atoms. The number of hydrogen-bond acceptors (Lipinski definition) is 4. The zero-order valence-corrected chi connectivity index (χ0v) is 9.77. The van der Waals surface area contributed by atoms with E-state index in [9.17, 15) is 5.26 Å². The molecule has 1 atom stereocenters. The maximum atomic E-state index is 9.26. The molecule has 2 rings (SSSR count). The summed E-state index contributed by atoms with van der Waals surface area (Å²) in [5.41, 5.74) is 0.925. The maximum Gasteiger partial charge on any atom is 0.191 e. The van der Waals surface area contributed by atoms with Gasteiger partial charge in [-0.15, -0.1) is 0 Å². The molecular formula is C12H15N3O. The molecule has 0 saturated heterocycles. The van der Waals surface area contributed by atoms with Crippen LogP contribution in [0.2, 0.25) is 0 Å². The number of hydrogen-bond donors (Lipinski definition) is 0. The van der Waals surface area contributed by atoms with Crippen LogP contribution in [0.5, 0.6) is 0 Å². The summed E-state index contributed by atoms with van der Waals surface area (Å²) in [6, 6.07) is 5.41. The first-order chi connectivity index (χ1) is 7.54. The lowest BCUT2D eigenvalue weighted by atomic mass is 9.97. The van der Waals surface area contributed by atoms with Crippen molar-refractivity contribution >= 4 is 5.71 Å². The van der Waals surface area contributed by atoms with E-state index in [0.29, 0.717) is 5.76 Å². The van der Waals surface area contributed by atoms with Crippen molar-refractivity contribution in [3.63, 3.8) is 0 Å². The number of rotatable bonds is 2. The van der Waals surface area contributed by atoms with Crippen molar-refractivity contribution in [2.45, 2.75) is 38.8 Å². The van der Waals surface area contributed by atoms with Gasteiger partial charge in [-0.2, -0.15) is 10.4 Å². The monoisotopic (exact) mass is 217 g/mol. The van der Waals surface area contributed by atoms with Crippen LogP contribution in [-0.4, -0.2) is 16.3 Å². The summed E-state index contributed by atoms with van der Waals surface area (Å²) in [7, 11) is 0. The van der Waals surface area contributed by atoms with Gasteiger partial charge in [0.1, 0.15) is 5.76 Å².